The standard InChI is InChI=1S/C18H27NO4/c1-12(2)9-16(18(21)22-5)19-17(20)14-7-6-8-15(10-14)23-11-13(3)4/h6-8,10,12-13,16H,9,11H2,1-5H3,(H,19,20). The number of nitrogens with one attached hydrogen (secondary N) is 1. The Morgan fingerprint density at radius 2 is 1.83 bits per heavy atom. The maximum atomic E-state index is 12.4. The Balaban J connectivity index is 2.78. The lowest BCUT2D eigenvalue weighted by molar-refractivity contribution is -0.143. The van der Waals surface area contributed by atoms with Gasteiger partial charge in [-0.1, -0.05) is 33.8 Å². The summed E-state index contributed by atoms with van der Waals surface area (Å²) >= 11 is 0. The molecular weight excluding hydrogens is 294 g/mol. The second-order valence-corrected chi connectivity index (χ2v) is 6.41. The Bertz CT molecular complexity index is 526. The van der Waals surface area contributed by atoms with E-state index in [1.54, 1.807) is 18.2 Å². The van der Waals surface area contributed by atoms with Crippen LogP contribution >= 0.6 is 0 Å². The third-order valence-electron chi connectivity index (χ3n) is 3.18. The topological polar surface area (TPSA) is 64.6 Å². The fourth-order valence-electron chi connectivity index (χ4n) is 2.06. The Kier molecular flexibility index (Phi) is 7.59. The smallest absolute Gasteiger partial charge is 0.328 e. The lowest BCUT2D eigenvalue weighted by Crippen LogP contribution is -2.42. The molecule has 5 heteroatoms. The van der Waals surface area contributed by atoms with Crippen LogP contribution in [0.2, 0.25) is 0 Å². The zero-order chi connectivity index (χ0) is 17.4. The number of carbonyl (C=O) groups excluding carboxylic acids is 2. The minimum absolute atomic E-state index is 0.264. The molecule has 0 bridgehead atoms. The molecule has 1 N–H and O–H groups in total. The lowest BCUT2D eigenvalue weighted by Gasteiger charge is -2.18. The number of hydrogen-bond donors (Lipinski definition) is 1. The van der Waals surface area contributed by atoms with Gasteiger partial charge in [-0.2, -0.15) is 0 Å². The molecule has 0 aliphatic rings. The monoisotopic (exact) mass is 321 g/mol. The highest BCUT2D eigenvalue weighted by Gasteiger charge is 2.23. The van der Waals surface area contributed by atoms with Crippen LogP contribution in [0.1, 0.15) is 44.5 Å². The Morgan fingerprint density at radius 1 is 1.13 bits per heavy atom. The number of rotatable bonds is 8. The van der Waals surface area contributed by atoms with E-state index in [9.17, 15) is 9.59 Å². The van der Waals surface area contributed by atoms with Crippen molar-refractivity contribution in [3.63, 3.8) is 0 Å². The number of esters is 1. The SMILES string of the molecule is COC(=O)C(CC(C)C)NC(=O)c1cccc(OCC(C)C)c1. The molecule has 128 valence electrons. The van der Waals surface area contributed by atoms with E-state index in [1.807, 2.05) is 19.9 Å². The normalized spacial score (nSPS) is 12.1. The van der Waals surface area contributed by atoms with Gasteiger partial charge in [-0.15, -0.1) is 0 Å². The maximum Gasteiger partial charge on any atom is 0.328 e. The fraction of sp³-hybridized carbons (Fsp3) is 0.556. The second-order valence-electron chi connectivity index (χ2n) is 6.41. The van der Waals surface area contributed by atoms with Crippen LogP contribution in [0.25, 0.3) is 0 Å². The summed E-state index contributed by atoms with van der Waals surface area (Å²) in [7, 11) is 1.32. The molecule has 0 heterocycles. The molecule has 0 fully saturated rings. The van der Waals surface area contributed by atoms with Gasteiger partial charge in [-0.05, 0) is 36.5 Å². The van der Waals surface area contributed by atoms with Gasteiger partial charge < -0.3 is 14.8 Å². The third kappa shape index (κ3) is 6.72. The van der Waals surface area contributed by atoms with E-state index in [1.165, 1.54) is 7.11 Å². The summed E-state index contributed by atoms with van der Waals surface area (Å²) in [5, 5.41) is 2.74. The first-order chi connectivity index (χ1) is 10.8. The Labute approximate surface area is 138 Å². The van der Waals surface area contributed by atoms with E-state index in [0.717, 1.165) is 0 Å². The molecule has 1 amide bonds. The van der Waals surface area contributed by atoms with Gasteiger partial charge in [0, 0.05) is 5.56 Å². The van der Waals surface area contributed by atoms with Crippen LogP contribution in [0.3, 0.4) is 0 Å². The average molecular weight is 321 g/mol. The molecule has 1 aromatic carbocycles. The number of benzene rings is 1. The summed E-state index contributed by atoms with van der Waals surface area (Å²) in [6.45, 7) is 8.68. The summed E-state index contributed by atoms with van der Waals surface area (Å²) in [5.74, 6) is 0.572. The van der Waals surface area contributed by atoms with Crippen LogP contribution < -0.4 is 10.1 Å². The van der Waals surface area contributed by atoms with Crippen molar-refractivity contribution in [3.8, 4) is 5.75 Å². The van der Waals surface area contributed by atoms with Gasteiger partial charge in [0.2, 0.25) is 0 Å². The summed E-state index contributed by atoms with van der Waals surface area (Å²) in [6, 6.07) is 6.31. The summed E-state index contributed by atoms with van der Waals surface area (Å²) in [5.41, 5.74) is 0.462. The van der Waals surface area contributed by atoms with E-state index in [-0.39, 0.29) is 11.8 Å². The van der Waals surface area contributed by atoms with Crippen molar-refractivity contribution in [2.45, 2.75) is 40.2 Å². The first-order valence-electron chi connectivity index (χ1n) is 7.95. The molecule has 5 nitrogen and oxygen atoms in total. The van der Waals surface area contributed by atoms with Gasteiger partial charge in [-0.3, -0.25) is 4.79 Å². The molecule has 0 aromatic heterocycles. The minimum Gasteiger partial charge on any atom is -0.493 e. The number of ether oxygens (including phenoxy) is 2. The highest BCUT2D eigenvalue weighted by molar-refractivity contribution is 5.97. The van der Waals surface area contributed by atoms with E-state index in [4.69, 9.17) is 9.47 Å². The van der Waals surface area contributed by atoms with Crippen molar-refractivity contribution in [3.05, 3.63) is 29.8 Å². The zero-order valence-corrected chi connectivity index (χ0v) is 14.6. The molecule has 0 aliphatic carbocycles. The molecule has 0 saturated carbocycles. The predicted molar refractivity (Wildman–Crippen MR) is 89.5 cm³/mol. The molecule has 0 saturated heterocycles. The van der Waals surface area contributed by atoms with Crippen LogP contribution in [0.5, 0.6) is 5.75 Å². The number of carbonyl (C=O) groups is 2. The van der Waals surface area contributed by atoms with Gasteiger partial charge in [0.1, 0.15) is 11.8 Å². The zero-order valence-electron chi connectivity index (χ0n) is 14.6. The third-order valence-corrected chi connectivity index (χ3v) is 3.18. The van der Waals surface area contributed by atoms with Crippen LogP contribution in [0.15, 0.2) is 24.3 Å². The summed E-state index contributed by atoms with van der Waals surface area (Å²) < 4.78 is 10.4. The molecule has 0 aliphatic heterocycles. The number of methoxy groups -OCH3 is 1. The molecule has 1 rings (SSSR count). The average Bonchev–Trinajstić information content (AvgIpc) is 2.51. The quantitative estimate of drug-likeness (QED) is 0.748. The van der Waals surface area contributed by atoms with Crippen molar-refractivity contribution < 1.29 is 19.1 Å². The van der Waals surface area contributed by atoms with Crippen LogP contribution in [0.4, 0.5) is 0 Å². The maximum absolute atomic E-state index is 12.4. The summed E-state index contributed by atoms with van der Waals surface area (Å²) in [4.78, 5) is 24.2. The minimum atomic E-state index is -0.646. The van der Waals surface area contributed by atoms with Gasteiger partial charge >= 0.3 is 5.97 Å². The van der Waals surface area contributed by atoms with E-state index in [2.05, 4.69) is 19.2 Å². The van der Waals surface area contributed by atoms with E-state index < -0.39 is 12.0 Å². The molecule has 0 spiro atoms. The first-order valence-corrected chi connectivity index (χ1v) is 7.95. The highest BCUT2D eigenvalue weighted by Crippen LogP contribution is 2.15. The van der Waals surface area contributed by atoms with Crippen LogP contribution in [-0.4, -0.2) is 31.6 Å². The molecule has 1 unspecified atom stereocenters. The van der Waals surface area contributed by atoms with Gasteiger partial charge in [-0.25, -0.2) is 4.79 Å². The van der Waals surface area contributed by atoms with Crippen molar-refractivity contribution in [2.75, 3.05) is 13.7 Å². The van der Waals surface area contributed by atoms with Gasteiger partial charge in [0.25, 0.3) is 5.91 Å². The summed E-state index contributed by atoms with van der Waals surface area (Å²) in [6.07, 6.45) is 0.530. The lowest BCUT2D eigenvalue weighted by atomic mass is 10.0. The van der Waals surface area contributed by atoms with Crippen molar-refractivity contribution in [1.29, 1.82) is 0 Å². The Hall–Kier alpha value is -2.04. The number of amides is 1. The first kappa shape index (κ1) is 19.0. The fourth-order valence-corrected chi connectivity index (χ4v) is 2.06. The molecular formula is C18H27NO4. The molecule has 1 atom stereocenters. The van der Waals surface area contributed by atoms with Crippen molar-refractivity contribution >= 4 is 11.9 Å². The molecule has 0 radical (unpaired) electrons. The van der Waals surface area contributed by atoms with Crippen LogP contribution in [-0.2, 0) is 9.53 Å². The Morgan fingerprint density at radius 3 is 2.39 bits per heavy atom. The van der Waals surface area contributed by atoms with Gasteiger partial charge in [0.15, 0.2) is 0 Å². The van der Waals surface area contributed by atoms with E-state index >= 15 is 0 Å². The van der Waals surface area contributed by atoms with Gasteiger partial charge in [0.05, 0.1) is 13.7 Å². The van der Waals surface area contributed by atoms with Crippen LogP contribution in [0, 0.1) is 11.8 Å². The number of hydrogen-bond acceptors (Lipinski definition) is 4. The van der Waals surface area contributed by atoms with Crippen molar-refractivity contribution in [1.82, 2.24) is 5.32 Å². The second kappa shape index (κ2) is 9.18. The highest BCUT2D eigenvalue weighted by atomic mass is 16.5. The largest absolute Gasteiger partial charge is 0.493 e. The predicted octanol–water partition coefficient (Wildman–Crippen LogP) is 3.04. The van der Waals surface area contributed by atoms with E-state index in [0.29, 0.717) is 30.3 Å². The molecule has 1 aromatic rings. The van der Waals surface area contributed by atoms with Crippen molar-refractivity contribution in [2.24, 2.45) is 11.8 Å². The molecule has 23 heavy (non-hydrogen) atoms.